The van der Waals surface area contributed by atoms with Crippen LogP contribution in [0, 0.1) is 0 Å². The largest absolute Gasteiger partial charge is 0.315 e. The molecule has 3 nitrogen and oxygen atoms in total. The summed E-state index contributed by atoms with van der Waals surface area (Å²) in [6, 6.07) is 3.63. The third kappa shape index (κ3) is 2.89. The Kier molecular flexibility index (Phi) is 4.07. The highest BCUT2D eigenvalue weighted by molar-refractivity contribution is 7.99. The Labute approximate surface area is 100 Å². The van der Waals surface area contributed by atoms with Crippen LogP contribution in [0.4, 0.5) is 0 Å². The van der Waals surface area contributed by atoms with E-state index in [9.17, 15) is 4.79 Å². The van der Waals surface area contributed by atoms with Crippen LogP contribution in [-0.4, -0.2) is 34.1 Å². The van der Waals surface area contributed by atoms with E-state index in [1.54, 1.807) is 10.6 Å². The van der Waals surface area contributed by atoms with E-state index in [4.69, 9.17) is 0 Å². The van der Waals surface area contributed by atoms with Crippen LogP contribution < -0.4 is 5.56 Å². The van der Waals surface area contributed by atoms with Gasteiger partial charge in [0, 0.05) is 49.9 Å². The Morgan fingerprint density at radius 1 is 1.31 bits per heavy atom. The zero-order chi connectivity index (χ0) is 11.4. The highest BCUT2D eigenvalue weighted by atomic mass is 32.2. The quantitative estimate of drug-likeness (QED) is 0.796. The molecule has 0 bridgehead atoms. The lowest BCUT2D eigenvalue weighted by molar-refractivity contribution is 0.293. The minimum atomic E-state index is 0.0976. The summed E-state index contributed by atoms with van der Waals surface area (Å²) >= 11 is 2.02. The van der Waals surface area contributed by atoms with Crippen molar-refractivity contribution >= 4 is 11.8 Å². The fourth-order valence-electron chi connectivity index (χ4n) is 1.94. The van der Waals surface area contributed by atoms with Crippen LogP contribution in [0.2, 0.25) is 0 Å². The topological polar surface area (TPSA) is 25.2 Å². The lowest BCUT2D eigenvalue weighted by Crippen LogP contribution is -2.32. The van der Waals surface area contributed by atoms with Gasteiger partial charge in [0.1, 0.15) is 0 Å². The van der Waals surface area contributed by atoms with Crippen molar-refractivity contribution in [2.75, 3.05) is 24.6 Å². The van der Waals surface area contributed by atoms with Gasteiger partial charge in [-0.3, -0.25) is 9.69 Å². The molecule has 0 amide bonds. The molecule has 0 aromatic carbocycles. The Morgan fingerprint density at radius 2 is 2.06 bits per heavy atom. The van der Waals surface area contributed by atoms with Crippen molar-refractivity contribution in [1.29, 1.82) is 0 Å². The minimum Gasteiger partial charge on any atom is -0.315 e. The molecule has 0 unspecified atom stereocenters. The molecular formula is C12H18N2OS. The standard InChI is InChI=1S/C12H18N2OS/c1-2-14-10-11(3-4-12(14)15)9-13-5-7-16-8-6-13/h3-4,10H,2,5-9H2,1H3. The van der Waals surface area contributed by atoms with E-state index in [0.717, 1.165) is 26.2 Å². The Hall–Kier alpha value is -0.740. The van der Waals surface area contributed by atoms with Gasteiger partial charge in [0.25, 0.3) is 5.56 Å². The smallest absolute Gasteiger partial charge is 0.250 e. The van der Waals surface area contributed by atoms with E-state index in [2.05, 4.69) is 4.90 Å². The molecule has 1 saturated heterocycles. The summed E-state index contributed by atoms with van der Waals surface area (Å²) in [6.45, 7) is 6.05. The number of nitrogens with zero attached hydrogens (tertiary/aromatic N) is 2. The number of pyridine rings is 1. The zero-order valence-electron chi connectivity index (χ0n) is 9.69. The van der Waals surface area contributed by atoms with Crippen molar-refractivity contribution in [2.24, 2.45) is 0 Å². The predicted molar refractivity (Wildman–Crippen MR) is 69.0 cm³/mol. The van der Waals surface area contributed by atoms with E-state index < -0.39 is 0 Å². The molecule has 4 heteroatoms. The molecule has 0 atom stereocenters. The van der Waals surface area contributed by atoms with Crippen LogP contribution >= 0.6 is 11.8 Å². The predicted octanol–water partition coefficient (Wildman–Crippen LogP) is 1.42. The maximum Gasteiger partial charge on any atom is 0.250 e. The second kappa shape index (κ2) is 5.55. The van der Waals surface area contributed by atoms with Crippen LogP contribution in [-0.2, 0) is 13.1 Å². The maximum atomic E-state index is 11.4. The monoisotopic (exact) mass is 238 g/mol. The number of aromatic nitrogens is 1. The second-order valence-electron chi connectivity index (χ2n) is 4.05. The molecule has 0 N–H and O–H groups in total. The van der Waals surface area contributed by atoms with Crippen LogP contribution in [0.1, 0.15) is 12.5 Å². The number of rotatable bonds is 3. The summed E-state index contributed by atoms with van der Waals surface area (Å²) in [5.74, 6) is 2.46. The van der Waals surface area contributed by atoms with Crippen molar-refractivity contribution in [3.05, 3.63) is 34.2 Å². The molecule has 16 heavy (non-hydrogen) atoms. The van der Waals surface area contributed by atoms with Gasteiger partial charge < -0.3 is 4.57 Å². The molecule has 2 heterocycles. The van der Waals surface area contributed by atoms with E-state index >= 15 is 0 Å². The van der Waals surface area contributed by atoms with Crippen molar-refractivity contribution < 1.29 is 0 Å². The SMILES string of the molecule is CCn1cc(CN2CCSCC2)ccc1=O. The van der Waals surface area contributed by atoms with Gasteiger partial charge >= 0.3 is 0 Å². The summed E-state index contributed by atoms with van der Waals surface area (Å²) in [5.41, 5.74) is 1.34. The zero-order valence-corrected chi connectivity index (χ0v) is 10.5. The molecule has 0 spiro atoms. The number of thioether (sulfide) groups is 1. The average molecular weight is 238 g/mol. The number of aryl methyl sites for hydroxylation is 1. The van der Waals surface area contributed by atoms with Gasteiger partial charge in [0.05, 0.1) is 0 Å². The first-order valence-electron chi connectivity index (χ1n) is 5.79. The molecule has 1 fully saturated rings. The average Bonchev–Trinajstić information content (AvgIpc) is 2.33. The van der Waals surface area contributed by atoms with Gasteiger partial charge in [-0.1, -0.05) is 6.07 Å². The van der Waals surface area contributed by atoms with Gasteiger partial charge in [-0.2, -0.15) is 11.8 Å². The lowest BCUT2D eigenvalue weighted by atomic mass is 10.2. The summed E-state index contributed by atoms with van der Waals surface area (Å²) in [5, 5.41) is 0. The fourth-order valence-corrected chi connectivity index (χ4v) is 2.92. The van der Waals surface area contributed by atoms with Gasteiger partial charge in [-0.05, 0) is 12.5 Å². The molecule has 1 aromatic heterocycles. The molecule has 0 aliphatic carbocycles. The van der Waals surface area contributed by atoms with Crippen molar-refractivity contribution in [2.45, 2.75) is 20.0 Å². The Balaban J connectivity index is 2.06. The van der Waals surface area contributed by atoms with E-state index in [0.29, 0.717) is 0 Å². The van der Waals surface area contributed by atoms with Crippen LogP contribution in [0.3, 0.4) is 0 Å². The second-order valence-corrected chi connectivity index (χ2v) is 5.27. The van der Waals surface area contributed by atoms with E-state index in [1.807, 2.05) is 30.9 Å². The summed E-state index contributed by atoms with van der Waals surface area (Å²) in [7, 11) is 0. The summed E-state index contributed by atoms with van der Waals surface area (Å²) < 4.78 is 1.77. The first kappa shape index (κ1) is 11.7. The van der Waals surface area contributed by atoms with Gasteiger partial charge in [-0.25, -0.2) is 0 Å². The van der Waals surface area contributed by atoms with Gasteiger partial charge in [0.2, 0.25) is 0 Å². The Bertz CT molecular complexity index is 396. The highest BCUT2D eigenvalue weighted by Gasteiger charge is 2.10. The van der Waals surface area contributed by atoms with Gasteiger partial charge in [0.15, 0.2) is 0 Å². The first-order valence-corrected chi connectivity index (χ1v) is 6.94. The minimum absolute atomic E-state index is 0.0976. The molecule has 1 aliphatic heterocycles. The maximum absolute atomic E-state index is 11.4. The highest BCUT2D eigenvalue weighted by Crippen LogP contribution is 2.12. The summed E-state index contributed by atoms with van der Waals surface area (Å²) in [4.78, 5) is 13.9. The number of hydrogen-bond donors (Lipinski definition) is 0. The third-order valence-corrected chi connectivity index (χ3v) is 3.84. The van der Waals surface area contributed by atoms with Crippen molar-refractivity contribution in [3.8, 4) is 0 Å². The number of hydrogen-bond acceptors (Lipinski definition) is 3. The molecular weight excluding hydrogens is 220 g/mol. The van der Waals surface area contributed by atoms with Crippen molar-refractivity contribution in [1.82, 2.24) is 9.47 Å². The third-order valence-electron chi connectivity index (χ3n) is 2.90. The normalized spacial score (nSPS) is 17.6. The van der Waals surface area contributed by atoms with Crippen LogP contribution in [0.15, 0.2) is 23.1 Å². The molecule has 0 saturated carbocycles. The molecule has 1 aromatic rings. The van der Waals surface area contributed by atoms with Crippen LogP contribution in [0.5, 0.6) is 0 Å². The van der Waals surface area contributed by atoms with E-state index in [-0.39, 0.29) is 5.56 Å². The molecule has 1 aliphatic rings. The van der Waals surface area contributed by atoms with Crippen LogP contribution in [0.25, 0.3) is 0 Å². The lowest BCUT2D eigenvalue weighted by Gasteiger charge is -2.26. The van der Waals surface area contributed by atoms with E-state index in [1.165, 1.54) is 17.1 Å². The molecule has 0 radical (unpaired) electrons. The Morgan fingerprint density at radius 3 is 2.75 bits per heavy atom. The van der Waals surface area contributed by atoms with Crippen molar-refractivity contribution in [3.63, 3.8) is 0 Å². The summed E-state index contributed by atoms with van der Waals surface area (Å²) in [6.07, 6.45) is 1.99. The molecule has 2 rings (SSSR count). The fraction of sp³-hybridized carbons (Fsp3) is 0.583. The molecule has 88 valence electrons. The first-order chi connectivity index (χ1) is 7.79. The van der Waals surface area contributed by atoms with Gasteiger partial charge in [-0.15, -0.1) is 0 Å².